The maximum atomic E-state index is 12.4. The Kier molecular flexibility index (Phi) is 8.20. The van der Waals surface area contributed by atoms with Crippen LogP contribution in [-0.4, -0.2) is 33.5 Å². The molecule has 8 nitrogen and oxygen atoms in total. The molecule has 3 aromatic rings. The summed E-state index contributed by atoms with van der Waals surface area (Å²) in [7, 11) is 0. The molecule has 0 saturated carbocycles. The van der Waals surface area contributed by atoms with Crippen molar-refractivity contribution < 1.29 is 5.48 Å². The van der Waals surface area contributed by atoms with Gasteiger partial charge < -0.3 is 26.1 Å². The van der Waals surface area contributed by atoms with E-state index in [-0.39, 0.29) is 16.5 Å². The number of hydrogen-bond donors (Lipinski definition) is 4. The van der Waals surface area contributed by atoms with E-state index in [4.69, 9.17) is 11.6 Å². The van der Waals surface area contributed by atoms with Gasteiger partial charge >= 0.3 is 0 Å². The zero-order valence-corrected chi connectivity index (χ0v) is 17.7. The Bertz CT molecular complexity index is 1110. The van der Waals surface area contributed by atoms with Crippen molar-refractivity contribution in [1.29, 1.82) is 0 Å². The standard InChI is InChI=1S/C21H24ClN5O2.H2O/c1-13-8-17(22)12-26-21(13)24-7-3-6-23-19-10-18(28)16(11-25-19)9-15-4-5-20(29)27-14(15)2;/h4-5,8,10-12H,3,6-7,9H2,1-2H3,(H,24,26)(H,27,29)(H2,23,25,28);1H2. The van der Waals surface area contributed by atoms with Crippen molar-refractivity contribution >= 4 is 23.2 Å². The van der Waals surface area contributed by atoms with Crippen LogP contribution in [0.4, 0.5) is 11.6 Å². The van der Waals surface area contributed by atoms with Gasteiger partial charge in [-0.2, -0.15) is 0 Å². The minimum atomic E-state index is -0.142. The van der Waals surface area contributed by atoms with Gasteiger partial charge in [-0.15, -0.1) is 0 Å². The Hall–Kier alpha value is -3.10. The van der Waals surface area contributed by atoms with Crippen molar-refractivity contribution in [3.05, 3.63) is 84.6 Å². The lowest BCUT2D eigenvalue weighted by molar-refractivity contribution is 0.824. The molecule has 0 atom stereocenters. The maximum absolute atomic E-state index is 12.4. The topological polar surface area (TPSA) is 134 Å². The summed E-state index contributed by atoms with van der Waals surface area (Å²) in [5.41, 5.74) is 3.16. The molecular formula is C21H26ClN5O3. The normalized spacial score (nSPS) is 10.4. The number of anilines is 2. The first-order valence-electron chi connectivity index (χ1n) is 9.42. The van der Waals surface area contributed by atoms with E-state index in [0.29, 0.717) is 29.4 Å². The zero-order chi connectivity index (χ0) is 20.8. The molecule has 0 unspecified atom stereocenters. The van der Waals surface area contributed by atoms with E-state index < -0.39 is 0 Å². The molecular weight excluding hydrogens is 406 g/mol. The first kappa shape index (κ1) is 23.2. The van der Waals surface area contributed by atoms with Gasteiger partial charge in [-0.3, -0.25) is 9.59 Å². The summed E-state index contributed by atoms with van der Waals surface area (Å²) in [6, 6.07) is 6.66. The highest BCUT2D eigenvalue weighted by molar-refractivity contribution is 6.30. The van der Waals surface area contributed by atoms with Gasteiger partial charge in [0.05, 0.1) is 5.02 Å². The average molecular weight is 432 g/mol. The highest BCUT2D eigenvalue weighted by atomic mass is 35.5. The average Bonchev–Trinajstić information content (AvgIpc) is 2.67. The molecule has 0 aliphatic heterocycles. The van der Waals surface area contributed by atoms with Crippen LogP contribution in [0.15, 0.2) is 46.2 Å². The van der Waals surface area contributed by atoms with E-state index in [2.05, 4.69) is 25.6 Å². The Morgan fingerprint density at radius 3 is 2.53 bits per heavy atom. The molecule has 3 rings (SSSR count). The number of hydrogen-bond acceptors (Lipinski definition) is 5. The molecule has 0 radical (unpaired) electrons. The highest BCUT2D eigenvalue weighted by Crippen LogP contribution is 2.16. The second-order valence-corrected chi connectivity index (χ2v) is 7.35. The van der Waals surface area contributed by atoms with E-state index in [1.807, 2.05) is 19.9 Å². The van der Waals surface area contributed by atoms with Crippen molar-refractivity contribution in [2.75, 3.05) is 23.7 Å². The van der Waals surface area contributed by atoms with Crippen molar-refractivity contribution in [3.63, 3.8) is 0 Å². The molecule has 0 aliphatic rings. The summed E-state index contributed by atoms with van der Waals surface area (Å²) >= 11 is 5.91. The smallest absolute Gasteiger partial charge is 0.248 e. The van der Waals surface area contributed by atoms with Crippen LogP contribution in [0.25, 0.3) is 0 Å². The van der Waals surface area contributed by atoms with Crippen LogP contribution in [0.5, 0.6) is 0 Å². The quantitative estimate of drug-likeness (QED) is 0.406. The van der Waals surface area contributed by atoms with Crippen molar-refractivity contribution in [2.24, 2.45) is 0 Å². The maximum Gasteiger partial charge on any atom is 0.248 e. The molecule has 0 aliphatic carbocycles. The number of pyridine rings is 3. The molecule has 0 fully saturated rings. The number of aromatic nitrogens is 3. The van der Waals surface area contributed by atoms with Crippen LogP contribution >= 0.6 is 11.6 Å². The highest BCUT2D eigenvalue weighted by Gasteiger charge is 2.06. The number of aryl methyl sites for hydroxylation is 2. The van der Waals surface area contributed by atoms with E-state index >= 15 is 0 Å². The number of nitrogens with zero attached hydrogens (tertiary/aromatic N) is 1. The number of H-pyrrole nitrogens is 2. The fourth-order valence-corrected chi connectivity index (χ4v) is 3.20. The molecule has 3 heterocycles. The summed E-state index contributed by atoms with van der Waals surface area (Å²) in [6.45, 7) is 5.24. The molecule has 0 bridgehead atoms. The largest absolute Gasteiger partial charge is 0.412 e. The Labute approximate surface area is 179 Å². The lowest BCUT2D eigenvalue weighted by Crippen LogP contribution is -2.15. The lowest BCUT2D eigenvalue weighted by atomic mass is 10.1. The van der Waals surface area contributed by atoms with E-state index in [1.165, 1.54) is 6.07 Å². The predicted octanol–water partition coefficient (Wildman–Crippen LogP) is 2.41. The molecule has 0 saturated heterocycles. The van der Waals surface area contributed by atoms with Crippen LogP contribution < -0.4 is 21.6 Å². The Morgan fingerprint density at radius 2 is 1.83 bits per heavy atom. The van der Waals surface area contributed by atoms with Gasteiger partial charge in [0, 0.05) is 55.3 Å². The molecule has 160 valence electrons. The molecule has 30 heavy (non-hydrogen) atoms. The second-order valence-electron chi connectivity index (χ2n) is 6.91. The van der Waals surface area contributed by atoms with Crippen LogP contribution in [0, 0.1) is 13.8 Å². The number of rotatable bonds is 8. The van der Waals surface area contributed by atoms with Gasteiger partial charge in [0.2, 0.25) is 5.56 Å². The molecule has 9 heteroatoms. The monoisotopic (exact) mass is 431 g/mol. The third-order valence-electron chi connectivity index (χ3n) is 4.61. The fourth-order valence-electron chi connectivity index (χ4n) is 2.99. The molecule has 0 spiro atoms. The first-order chi connectivity index (χ1) is 13.9. The van der Waals surface area contributed by atoms with Gasteiger partial charge in [-0.25, -0.2) is 4.98 Å². The number of aromatic amines is 2. The van der Waals surface area contributed by atoms with Crippen molar-refractivity contribution in [1.82, 2.24) is 15.0 Å². The van der Waals surface area contributed by atoms with Crippen LogP contribution in [0.2, 0.25) is 5.02 Å². The van der Waals surface area contributed by atoms with E-state index in [0.717, 1.165) is 35.6 Å². The van der Waals surface area contributed by atoms with Gasteiger partial charge in [0.25, 0.3) is 0 Å². The third kappa shape index (κ3) is 6.20. The summed E-state index contributed by atoms with van der Waals surface area (Å²) in [4.78, 5) is 33.9. The SMILES string of the molecule is Cc1cc(Cl)cnc1NCCCNc1cc(=O)c(Cc2ccc(=O)[nH]c2C)c[nH]1.O. The minimum Gasteiger partial charge on any atom is -0.412 e. The molecule has 6 N–H and O–H groups in total. The lowest BCUT2D eigenvalue weighted by Gasteiger charge is -2.10. The number of nitrogens with one attached hydrogen (secondary N) is 4. The summed E-state index contributed by atoms with van der Waals surface area (Å²) in [6.07, 6.45) is 4.66. The predicted molar refractivity (Wildman–Crippen MR) is 121 cm³/mol. The Balaban J connectivity index is 0.00000320. The van der Waals surface area contributed by atoms with Crippen LogP contribution in [-0.2, 0) is 6.42 Å². The van der Waals surface area contributed by atoms with Crippen molar-refractivity contribution in [3.8, 4) is 0 Å². The fraction of sp³-hybridized carbons (Fsp3) is 0.286. The van der Waals surface area contributed by atoms with Gasteiger partial charge in [-0.1, -0.05) is 17.7 Å². The number of halogens is 1. The molecule has 0 amide bonds. The summed E-state index contributed by atoms with van der Waals surface area (Å²) < 4.78 is 0. The van der Waals surface area contributed by atoms with Gasteiger partial charge in [0.15, 0.2) is 5.43 Å². The summed E-state index contributed by atoms with van der Waals surface area (Å²) in [5.74, 6) is 1.50. The summed E-state index contributed by atoms with van der Waals surface area (Å²) in [5, 5.41) is 7.12. The van der Waals surface area contributed by atoms with E-state index in [9.17, 15) is 9.59 Å². The van der Waals surface area contributed by atoms with Crippen LogP contribution in [0.3, 0.4) is 0 Å². The molecule has 3 aromatic heterocycles. The van der Waals surface area contributed by atoms with Gasteiger partial charge in [0.1, 0.15) is 11.6 Å². The van der Waals surface area contributed by atoms with Crippen LogP contribution in [0.1, 0.15) is 28.8 Å². The zero-order valence-electron chi connectivity index (χ0n) is 16.9. The Morgan fingerprint density at radius 1 is 1.07 bits per heavy atom. The molecule has 0 aromatic carbocycles. The first-order valence-corrected chi connectivity index (χ1v) is 9.80. The van der Waals surface area contributed by atoms with Gasteiger partial charge in [-0.05, 0) is 37.5 Å². The van der Waals surface area contributed by atoms with Crippen molar-refractivity contribution in [2.45, 2.75) is 26.7 Å². The second kappa shape index (κ2) is 10.6. The third-order valence-corrected chi connectivity index (χ3v) is 4.82. The van der Waals surface area contributed by atoms with E-state index in [1.54, 1.807) is 24.5 Å². The minimum absolute atomic E-state index is 0.